The summed E-state index contributed by atoms with van der Waals surface area (Å²) >= 11 is 0. The molecule has 2 rings (SSSR count). The Kier molecular flexibility index (Phi) is 3.74. The predicted molar refractivity (Wildman–Crippen MR) is 66.8 cm³/mol. The summed E-state index contributed by atoms with van der Waals surface area (Å²) in [5, 5.41) is 0. The standard InChI is InChI=1S/C15H28/c1-4-11(3)6-9-14(13-7-8-13)15-10-12(15)5-2/h11-15H,4-10H2,1-3H3. The van der Waals surface area contributed by atoms with Gasteiger partial charge < -0.3 is 0 Å². The topological polar surface area (TPSA) is 0 Å². The van der Waals surface area contributed by atoms with E-state index in [4.69, 9.17) is 0 Å². The first-order valence-corrected chi connectivity index (χ1v) is 7.26. The highest BCUT2D eigenvalue weighted by Gasteiger charge is 2.46. The van der Waals surface area contributed by atoms with E-state index in [2.05, 4.69) is 20.8 Å². The van der Waals surface area contributed by atoms with E-state index in [1.807, 2.05) is 0 Å². The molecule has 0 amide bonds. The second-order valence-electron chi connectivity index (χ2n) is 6.16. The van der Waals surface area contributed by atoms with Gasteiger partial charge in [0.05, 0.1) is 0 Å². The summed E-state index contributed by atoms with van der Waals surface area (Å²) in [5.41, 5.74) is 0. The molecule has 4 atom stereocenters. The molecule has 88 valence electrons. The molecule has 4 unspecified atom stereocenters. The SMILES string of the molecule is CCC(C)CCC(C1CC1)C1CC1CC. The minimum absolute atomic E-state index is 0.963. The fourth-order valence-electron chi connectivity index (χ4n) is 3.27. The Morgan fingerprint density at radius 2 is 1.87 bits per heavy atom. The van der Waals surface area contributed by atoms with Crippen LogP contribution < -0.4 is 0 Å². The van der Waals surface area contributed by atoms with E-state index in [9.17, 15) is 0 Å². The van der Waals surface area contributed by atoms with E-state index in [0.29, 0.717) is 0 Å². The lowest BCUT2D eigenvalue weighted by Crippen LogP contribution is -2.09. The zero-order chi connectivity index (χ0) is 10.8. The van der Waals surface area contributed by atoms with Crippen molar-refractivity contribution in [1.29, 1.82) is 0 Å². The van der Waals surface area contributed by atoms with Crippen LogP contribution in [-0.2, 0) is 0 Å². The highest BCUT2D eigenvalue weighted by molar-refractivity contribution is 4.96. The zero-order valence-corrected chi connectivity index (χ0v) is 10.8. The lowest BCUT2D eigenvalue weighted by Gasteiger charge is -2.18. The van der Waals surface area contributed by atoms with Gasteiger partial charge in [0.15, 0.2) is 0 Å². The number of hydrogen-bond acceptors (Lipinski definition) is 0. The summed E-state index contributed by atoms with van der Waals surface area (Å²) in [7, 11) is 0. The first-order valence-electron chi connectivity index (χ1n) is 7.26. The zero-order valence-electron chi connectivity index (χ0n) is 10.8. The second-order valence-corrected chi connectivity index (χ2v) is 6.16. The minimum Gasteiger partial charge on any atom is -0.0651 e. The molecule has 2 saturated carbocycles. The molecule has 0 bridgehead atoms. The maximum absolute atomic E-state index is 2.42. The van der Waals surface area contributed by atoms with Gasteiger partial charge in [-0.25, -0.2) is 0 Å². The van der Waals surface area contributed by atoms with Crippen molar-refractivity contribution < 1.29 is 0 Å². The number of hydrogen-bond donors (Lipinski definition) is 0. The fourth-order valence-corrected chi connectivity index (χ4v) is 3.27. The highest BCUT2D eigenvalue weighted by atomic mass is 14.5. The number of rotatable bonds is 7. The molecule has 0 aromatic carbocycles. The fraction of sp³-hybridized carbons (Fsp3) is 1.00. The first kappa shape index (κ1) is 11.5. The second kappa shape index (κ2) is 4.89. The molecule has 2 aliphatic rings. The summed E-state index contributed by atoms with van der Waals surface area (Å²) in [6.45, 7) is 7.14. The Bertz CT molecular complexity index is 192. The summed E-state index contributed by atoms with van der Waals surface area (Å²) in [6.07, 6.45) is 10.5. The Morgan fingerprint density at radius 1 is 1.13 bits per heavy atom. The third kappa shape index (κ3) is 2.98. The van der Waals surface area contributed by atoms with Crippen molar-refractivity contribution in [3.8, 4) is 0 Å². The molecule has 0 N–H and O–H groups in total. The summed E-state index contributed by atoms with van der Waals surface area (Å²) in [5.74, 6) is 5.50. The molecule has 0 aromatic heterocycles. The van der Waals surface area contributed by atoms with Gasteiger partial charge in [0.25, 0.3) is 0 Å². The molecule has 0 nitrogen and oxygen atoms in total. The molecule has 0 heterocycles. The largest absolute Gasteiger partial charge is 0.0651 e. The molecule has 0 spiro atoms. The van der Waals surface area contributed by atoms with Gasteiger partial charge in [-0.05, 0) is 55.3 Å². The van der Waals surface area contributed by atoms with Crippen molar-refractivity contribution in [2.75, 3.05) is 0 Å². The molecular weight excluding hydrogens is 180 g/mol. The van der Waals surface area contributed by atoms with E-state index in [-0.39, 0.29) is 0 Å². The van der Waals surface area contributed by atoms with Gasteiger partial charge in [0.2, 0.25) is 0 Å². The van der Waals surface area contributed by atoms with Crippen LogP contribution in [0.5, 0.6) is 0 Å². The molecule has 0 heteroatoms. The van der Waals surface area contributed by atoms with Crippen LogP contribution in [0.25, 0.3) is 0 Å². The van der Waals surface area contributed by atoms with Crippen LogP contribution in [0.4, 0.5) is 0 Å². The third-order valence-electron chi connectivity index (χ3n) is 4.97. The van der Waals surface area contributed by atoms with Crippen LogP contribution in [0.15, 0.2) is 0 Å². The lowest BCUT2D eigenvalue weighted by atomic mass is 9.87. The molecule has 2 fully saturated rings. The lowest BCUT2D eigenvalue weighted by molar-refractivity contribution is 0.319. The first-order chi connectivity index (χ1) is 7.26. The van der Waals surface area contributed by atoms with E-state index in [1.54, 1.807) is 25.7 Å². The smallest absolute Gasteiger partial charge is 0.0352 e. The van der Waals surface area contributed by atoms with Crippen molar-refractivity contribution >= 4 is 0 Å². The molecule has 15 heavy (non-hydrogen) atoms. The van der Waals surface area contributed by atoms with E-state index < -0.39 is 0 Å². The average molecular weight is 208 g/mol. The van der Waals surface area contributed by atoms with Crippen molar-refractivity contribution in [2.45, 2.75) is 65.7 Å². The Hall–Kier alpha value is 0. The van der Waals surface area contributed by atoms with Gasteiger partial charge in [-0.3, -0.25) is 0 Å². The third-order valence-corrected chi connectivity index (χ3v) is 4.97. The Labute approximate surface area is 95.8 Å². The molecular formula is C15H28. The molecule has 0 aliphatic heterocycles. The van der Waals surface area contributed by atoms with Crippen LogP contribution in [0.3, 0.4) is 0 Å². The van der Waals surface area contributed by atoms with Crippen molar-refractivity contribution in [1.82, 2.24) is 0 Å². The quantitative estimate of drug-likeness (QED) is 0.559. The Balaban J connectivity index is 1.75. The van der Waals surface area contributed by atoms with Gasteiger partial charge in [-0.15, -0.1) is 0 Å². The molecule has 0 radical (unpaired) electrons. The van der Waals surface area contributed by atoms with Gasteiger partial charge in [-0.2, -0.15) is 0 Å². The summed E-state index contributed by atoms with van der Waals surface area (Å²) < 4.78 is 0. The average Bonchev–Trinajstić information content (AvgIpc) is 3.12. The highest BCUT2D eigenvalue weighted by Crippen LogP contribution is 2.55. The van der Waals surface area contributed by atoms with Crippen molar-refractivity contribution in [3.63, 3.8) is 0 Å². The predicted octanol–water partition coefficient (Wildman–Crippen LogP) is 4.89. The van der Waals surface area contributed by atoms with E-state index >= 15 is 0 Å². The van der Waals surface area contributed by atoms with Gasteiger partial charge in [0, 0.05) is 0 Å². The van der Waals surface area contributed by atoms with Crippen LogP contribution in [-0.4, -0.2) is 0 Å². The van der Waals surface area contributed by atoms with Crippen LogP contribution >= 0.6 is 0 Å². The van der Waals surface area contributed by atoms with Gasteiger partial charge >= 0.3 is 0 Å². The summed E-state index contributed by atoms with van der Waals surface area (Å²) in [6, 6.07) is 0. The Morgan fingerprint density at radius 3 is 2.33 bits per heavy atom. The molecule has 0 aromatic rings. The van der Waals surface area contributed by atoms with Crippen LogP contribution in [0.1, 0.15) is 65.7 Å². The van der Waals surface area contributed by atoms with Crippen molar-refractivity contribution in [3.05, 3.63) is 0 Å². The van der Waals surface area contributed by atoms with Gasteiger partial charge in [-0.1, -0.05) is 40.0 Å². The monoisotopic (exact) mass is 208 g/mol. The van der Waals surface area contributed by atoms with Crippen LogP contribution in [0.2, 0.25) is 0 Å². The van der Waals surface area contributed by atoms with E-state index in [0.717, 1.165) is 29.6 Å². The normalized spacial score (nSPS) is 33.8. The van der Waals surface area contributed by atoms with Crippen LogP contribution in [0, 0.1) is 29.6 Å². The molecule has 2 aliphatic carbocycles. The summed E-state index contributed by atoms with van der Waals surface area (Å²) in [4.78, 5) is 0. The molecule has 0 saturated heterocycles. The van der Waals surface area contributed by atoms with Gasteiger partial charge in [0.1, 0.15) is 0 Å². The maximum Gasteiger partial charge on any atom is -0.0352 e. The van der Waals surface area contributed by atoms with Crippen molar-refractivity contribution in [2.24, 2.45) is 29.6 Å². The minimum atomic E-state index is 0.963. The maximum atomic E-state index is 2.42. The van der Waals surface area contributed by atoms with E-state index in [1.165, 1.54) is 19.3 Å².